The molecule has 1 aliphatic heterocycles. The van der Waals surface area contributed by atoms with Crippen molar-refractivity contribution in [3.63, 3.8) is 0 Å². The van der Waals surface area contributed by atoms with E-state index in [9.17, 15) is 9.90 Å². The van der Waals surface area contributed by atoms with Crippen LogP contribution >= 0.6 is 0 Å². The monoisotopic (exact) mass is 260 g/mol. The third kappa shape index (κ3) is 2.53. The summed E-state index contributed by atoms with van der Waals surface area (Å²) in [6.07, 6.45) is -0.193. The first-order valence-corrected chi connectivity index (χ1v) is 6.23. The molecule has 0 amide bonds. The molecule has 6 nitrogen and oxygen atoms in total. The highest BCUT2D eigenvalue weighted by atomic mass is 16.5. The maximum atomic E-state index is 10.6. The van der Waals surface area contributed by atoms with Crippen molar-refractivity contribution in [1.29, 1.82) is 0 Å². The number of hydrogen-bond acceptors (Lipinski definition) is 5. The summed E-state index contributed by atoms with van der Waals surface area (Å²) in [5.41, 5.74) is 2.72. The molecule has 19 heavy (non-hydrogen) atoms. The number of nitrogens with zero attached hydrogens (tertiary/aromatic N) is 2. The lowest BCUT2D eigenvalue weighted by molar-refractivity contribution is -0.304. The van der Waals surface area contributed by atoms with Gasteiger partial charge in [0.05, 0.1) is 24.2 Å². The Morgan fingerprint density at radius 1 is 1.42 bits per heavy atom. The quantitative estimate of drug-likeness (QED) is 0.819. The summed E-state index contributed by atoms with van der Waals surface area (Å²) >= 11 is 0. The predicted molar refractivity (Wildman–Crippen MR) is 67.8 cm³/mol. The van der Waals surface area contributed by atoms with Crippen molar-refractivity contribution >= 4 is 22.7 Å². The van der Waals surface area contributed by atoms with E-state index in [1.807, 2.05) is 18.2 Å². The first-order valence-electron chi connectivity index (χ1n) is 6.23. The van der Waals surface area contributed by atoms with E-state index >= 15 is 0 Å². The number of ether oxygens (including phenoxy) is 1. The number of imidazole rings is 1. The fourth-order valence-corrected chi connectivity index (χ4v) is 2.29. The van der Waals surface area contributed by atoms with Gasteiger partial charge < -0.3 is 24.5 Å². The molecule has 6 heteroatoms. The molecule has 0 unspecified atom stereocenters. The second kappa shape index (κ2) is 4.89. The van der Waals surface area contributed by atoms with Gasteiger partial charge in [-0.15, -0.1) is 0 Å². The van der Waals surface area contributed by atoms with Crippen LogP contribution in [0.1, 0.15) is 5.82 Å². The minimum absolute atomic E-state index is 0.193. The average Bonchev–Trinajstić information content (AvgIpc) is 2.79. The van der Waals surface area contributed by atoms with Crippen LogP contribution in [0.3, 0.4) is 0 Å². The molecule has 1 aromatic carbocycles. The zero-order valence-corrected chi connectivity index (χ0v) is 10.4. The summed E-state index contributed by atoms with van der Waals surface area (Å²) in [4.78, 5) is 20.0. The average molecular weight is 260 g/mol. The Balaban J connectivity index is 1.89. The molecule has 0 bridgehead atoms. The van der Waals surface area contributed by atoms with Crippen LogP contribution in [0, 0.1) is 0 Å². The first kappa shape index (κ1) is 12.0. The van der Waals surface area contributed by atoms with Crippen molar-refractivity contribution in [3.05, 3.63) is 24.0 Å². The third-order valence-electron chi connectivity index (χ3n) is 3.20. The second-order valence-electron chi connectivity index (χ2n) is 4.53. The maximum absolute atomic E-state index is 10.6. The van der Waals surface area contributed by atoms with E-state index in [4.69, 9.17) is 4.74 Å². The predicted octanol–water partition coefficient (Wildman–Crippen LogP) is -0.308. The number of benzene rings is 1. The number of H-pyrrole nitrogens is 1. The molecule has 0 saturated carbocycles. The normalized spacial score (nSPS) is 15.9. The summed E-state index contributed by atoms with van der Waals surface area (Å²) in [6, 6.07) is 5.89. The van der Waals surface area contributed by atoms with Crippen molar-refractivity contribution < 1.29 is 14.6 Å². The minimum Gasteiger partial charge on any atom is -0.550 e. The zero-order chi connectivity index (χ0) is 13.2. The largest absolute Gasteiger partial charge is 0.550 e. The molecule has 0 radical (unpaired) electrons. The van der Waals surface area contributed by atoms with Crippen LogP contribution in [-0.2, 0) is 16.0 Å². The highest BCUT2D eigenvalue weighted by Crippen LogP contribution is 2.21. The molecule has 1 fully saturated rings. The summed E-state index contributed by atoms with van der Waals surface area (Å²) in [6.45, 7) is 3.20. The Bertz CT molecular complexity index is 602. The van der Waals surface area contributed by atoms with Crippen LogP contribution in [-0.4, -0.2) is 42.2 Å². The number of rotatable bonds is 3. The van der Waals surface area contributed by atoms with Gasteiger partial charge in [-0.2, -0.15) is 0 Å². The molecule has 1 aliphatic rings. The summed E-state index contributed by atoms with van der Waals surface area (Å²) in [5.74, 6) is -0.707. The van der Waals surface area contributed by atoms with Crippen LogP contribution in [0.25, 0.3) is 11.0 Å². The lowest BCUT2D eigenvalue weighted by Crippen LogP contribution is -2.36. The highest BCUT2D eigenvalue weighted by molar-refractivity contribution is 5.80. The van der Waals surface area contributed by atoms with E-state index in [2.05, 4.69) is 14.9 Å². The molecule has 0 spiro atoms. The van der Waals surface area contributed by atoms with Gasteiger partial charge in [0.25, 0.3) is 0 Å². The minimum atomic E-state index is -1.13. The van der Waals surface area contributed by atoms with Crippen LogP contribution in [0.15, 0.2) is 18.2 Å². The molecule has 0 aliphatic carbocycles. The molecule has 1 saturated heterocycles. The smallest absolute Gasteiger partial charge is 0.112 e. The number of morpholine rings is 1. The SMILES string of the molecule is O=C([O-])Cc1nc2ccc(N3CCOCC3)cc2[nH]1. The van der Waals surface area contributed by atoms with Gasteiger partial charge >= 0.3 is 0 Å². The topological polar surface area (TPSA) is 81.3 Å². The van der Waals surface area contributed by atoms with Crippen LogP contribution in [0.5, 0.6) is 0 Å². The number of carboxylic acids is 1. The van der Waals surface area contributed by atoms with E-state index in [1.54, 1.807) is 0 Å². The number of fused-ring (bicyclic) bond motifs is 1. The van der Waals surface area contributed by atoms with Crippen molar-refractivity contribution in [2.24, 2.45) is 0 Å². The van der Waals surface area contributed by atoms with E-state index < -0.39 is 5.97 Å². The molecule has 0 atom stereocenters. The van der Waals surface area contributed by atoms with Gasteiger partial charge in [0, 0.05) is 31.2 Å². The molecule has 3 rings (SSSR count). The highest BCUT2D eigenvalue weighted by Gasteiger charge is 2.12. The number of hydrogen-bond donors (Lipinski definition) is 1. The molecule has 2 heterocycles. The number of aromatic amines is 1. The van der Waals surface area contributed by atoms with E-state index in [0.717, 1.165) is 43.0 Å². The van der Waals surface area contributed by atoms with Crippen molar-refractivity contribution in [3.8, 4) is 0 Å². The standard InChI is InChI=1S/C13H15N3O3/c17-13(18)8-12-14-10-2-1-9(7-11(10)15-12)16-3-5-19-6-4-16/h1-2,7H,3-6,8H2,(H,14,15)(H,17,18)/p-1. The number of carbonyl (C=O) groups excluding carboxylic acids is 1. The van der Waals surface area contributed by atoms with E-state index in [0.29, 0.717) is 5.82 Å². The number of carboxylic acid groups (broad SMARTS) is 1. The van der Waals surface area contributed by atoms with Crippen LogP contribution in [0.2, 0.25) is 0 Å². The molecule has 1 N–H and O–H groups in total. The van der Waals surface area contributed by atoms with Gasteiger partial charge in [0.15, 0.2) is 0 Å². The van der Waals surface area contributed by atoms with Crippen LogP contribution < -0.4 is 10.0 Å². The van der Waals surface area contributed by atoms with Gasteiger partial charge in [0.1, 0.15) is 5.82 Å². The summed E-state index contributed by atoms with van der Waals surface area (Å²) < 4.78 is 5.32. The van der Waals surface area contributed by atoms with Gasteiger partial charge in [-0.25, -0.2) is 4.98 Å². The fourth-order valence-electron chi connectivity index (χ4n) is 2.29. The fraction of sp³-hybridized carbons (Fsp3) is 0.385. The number of aliphatic carboxylic acids is 1. The summed E-state index contributed by atoms with van der Waals surface area (Å²) in [7, 11) is 0. The molecular weight excluding hydrogens is 246 g/mol. The number of anilines is 1. The van der Waals surface area contributed by atoms with Crippen molar-refractivity contribution in [1.82, 2.24) is 9.97 Å². The lowest BCUT2D eigenvalue weighted by Gasteiger charge is -2.28. The maximum Gasteiger partial charge on any atom is 0.112 e. The molecule has 100 valence electrons. The molecule has 2 aromatic rings. The van der Waals surface area contributed by atoms with Gasteiger partial charge in [-0.1, -0.05) is 0 Å². The summed E-state index contributed by atoms with van der Waals surface area (Å²) in [5, 5.41) is 10.6. The Labute approximate surface area is 110 Å². The van der Waals surface area contributed by atoms with Crippen LogP contribution in [0.4, 0.5) is 5.69 Å². The Kier molecular flexibility index (Phi) is 3.08. The number of carbonyl (C=O) groups is 1. The number of nitrogens with one attached hydrogen (secondary N) is 1. The third-order valence-corrected chi connectivity index (χ3v) is 3.20. The van der Waals surface area contributed by atoms with Crippen molar-refractivity contribution in [2.75, 3.05) is 31.2 Å². The Hall–Kier alpha value is -2.08. The van der Waals surface area contributed by atoms with Gasteiger partial charge in [-0.05, 0) is 18.2 Å². The number of aromatic nitrogens is 2. The molecular formula is C13H14N3O3-. The van der Waals surface area contributed by atoms with Crippen molar-refractivity contribution in [2.45, 2.75) is 6.42 Å². The van der Waals surface area contributed by atoms with E-state index in [-0.39, 0.29) is 6.42 Å². The Morgan fingerprint density at radius 2 is 2.21 bits per heavy atom. The first-order chi connectivity index (χ1) is 9.22. The van der Waals surface area contributed by atoms with Gasteiger partial charge in [0.2, 0.25) is 0 Å². The lowest BCUT2D eigenvalue weighted by atomic mass is 10.2. The second-order valence-corrected chi connectivity index (χ2v) is 4.53. The van der Waals surface area contributed by atoms with Gasteiger partial charge in [-0.3, -0.25) is 0 Å². The Morgan fingerprint density at radius 3 is 2.95 bits per heavy atom. The zero-order valence-electron chi connectivity index (χ0n) is 10.4. The molecule has 1 aromatic heterocycles. The van der Waals surface area contributed by atoms with E-state index in [1.165, 1.54) is 0 Å².